The summed E-state index contributed by atoms with van der Waals surface area (Å²) in [5.41, 5.74) is 5.33. The van der Waals surface area contributed by atoms with Gasteiger partial charge >= 0.3 is 12.1 Å². The van der Waals surface area contributed by atoms with Gasteiger partial charge in [-0.25, -0.2) is 13.6 Å². The molecule has 4 N–H and O–H groups in total. The minimum atomic E-state index is -5.08. The number of nitrogens with zero attached hydrogens (tertiary/aromatic N) is 2. The molecule has 0 spiro atoms. The van der Waals surface area contributed by atoms with Gasteiger partial charge in [0.05, 0.1) is 0 Å². The summed E-state index contributed by atoms with van der Waals surface area (Å²) in [5.74, 6) is -3.77. The van der Waals surface area contributed by atoms with Crippen LogP contribution in [0.5, 0.6) is 5.88 Å². The molecule has 0 radical (unpaired) electrons. The monoisotopic (exact) mass is 544 g/mol. The molecular formula is C19H22BrF5N4O4. The fourth-order valence-electron chi connectivity index (χ4n) is 2.28. The largest absolute Gasteiger partial charge is 0.490 e. The van der Waals surface area contributed by atoms with Crippen molar-refractivity contribution in [3.8, 4) is 5.88 Å². The molecule has 0 amide bonds. The molecule has 1 aromatic carbocycles. The first kappa shape index (κ1) is 28.3. The molecule has 14 heteroatoms. The Morgan fingerprint density at radius 2 is 1.94 bits per heavy atom. The first-order valence-corrected chi connectivity index (χ1v) is 10.2. The minimum absolute atomic E-state index is 0.0332. The lowest BCUT2D eigenvalue weighted by molar-refractivity contribution is -0.192. The van der Waals surface area contributed by atoms with Crippen molar-refractivity contribution in [1.29, 1.82) is 0 Å². The van der Waals surface area contributed by atoms with Gasteiger partial charge in [-0.2, -0.15) is 18.2 Å². The molecule has 1 aromatic heterocycles. The first-order chi connectivity index (χ1) is 15.3. The highest BCUT2D eigenvalue weighted by molar-refractivity contribution is 9.10. The van der Waals surface area contributed by atoms with E-state index in [2.05, 4.69) is 26.2 Å². The van der Waals surface area contributed by atoms with Crippen molar-refractivity contribution in [3.05, 3.63) is 50.2 Å². The summed E-state index contributed by atoms with van der Waals surface area (Å²) in [6.45, 7) is 4.58. The molecule has 0 fully saturated rings. The number of anilines is 1. The van der Waals surface area contributed by atoms with E-state index in [4.69, 9.17) is 20.4 Å². The molecular weight excluding hydrogens is 523 g/mol. The normalized spacial score (nSPS) is 11.1. The summed E-state index contributed by atoms with van der Waals surface area (Å²) < 4.78 is 65.6. The Kier molecular flexibility index (Phi) is 10.7. The van der Waals surface area contributed by atoms with E-state index in [1.54, 1.807) is 0 Å². The number of hydrogen-bond donors (Lipinski definition) is 3. The van der Waals surface area contributed by atoms with Crippen LogP contribution in [-0.2, 0) is 11.4 Å². The van der Waals surface area contributed by atoms with E-state index in [1.807, 2.05) is 13.8 Å². The van der Waals surface area contributed by atoms with Crippen molar-refractivity contribution in [2.75, 3.05) is 18.4 Å². The summed E-state index contributed by atoms with van der Waals surface area (Å²) in [7, 11) is 0. The van der Waals surface area contributed by atoms with Crippen molar-refractivity contribution >= 4 is 27.8 Å². The van der Waals surface area contributed by atoms with Crippen molar-refractivity contribution in [3.63, 3.8) is 0 Å². The smallest absolute Gasteiger partial charge is 0.475 e. The molecule has 33 heavy (non-hydrogen) atoms. The van der Waals surface area contributed by atoms with Gasteiger partial charge in [0.2, 0.25) is 11.8 Å². The average Bonchev–Trinajstić information content (AvgIpc) is 2.70. The summed E-state index contributed by atoms with van der Waals surface area (Å²) >= 11 is 3.20. The lowest BCUT2D eigenvalue weighted by Gasteiger charge is -2.18. The van der Waals surface area contributed by atoms with E-state index >= 15 is 0 Å². The van der Waals surface area contributed by atoms with Gasteiger partial charge in [0.1, 0.15) is 22.7 Å². The molecule has 8 nitrogen and oxygen atoms in total. The van der Waals surface area contributed by atoms with Crippen LogP contribution in [-0.4, -0.2) is 39.9 Å². The quantitative estimate of drug-likeness (QED) is 0.341. The molecule has 2 rings (SSSR count). The average molecular weight is 545 g/mol. The number of hydrogen-bond acceptors (Lipinski definition) is 6. The zero-order valence-corrected chi connectivity index (χ0v) is 19.1. The number of carbonyl (C=O) groups is 1. The number of carboxylic acid groups (broad SMARTS) is 1. The highest BCUT2D eigenvalue weighted by Crippen LogP contribution is 2.24. The molecule has 0 unspecified atom stereocenters. The Bertz CT molecular complexity index is 1010. The SMILES string of the molecule is CC(C)n1c(NCCCN)nc(OCc2ccc(F)cc2F)c(Br)c1=O.O=C(O)C(F)(F)F. The number of aliphatic carboxylic acids is 1. The van der Waals surface area contributed by atoms with Gasteiger partial charge in [-0.05, 0) is 54.9 Å². The Morgan fingerprint density at radius 3 is 2.42 bits per heavy atom. The molecule has 2 aromatic rings. The number of halogens is 6. The molecule has 0 bridgehead atoms. The van der Waals surface area contributed by atoms with E-state index in [9.17, 15) is 26.7 Å². The van der Waals surface area contributed by atoms with Crippen LogP contribution in [0, 0.1) is 11.6 Å². The number of carboxylic acids is 1. The number of ether oxygens (including phenoxy) is 1. The Morgan fingerprint density at radius 1 is 1.33 bits per heavy atom. The van der Waals surface area contributed by atoms with Crippen LogP contribution in [0.25, 0.3) is 0 Å². The molecule has 0 aliphatic heterocycles. The van der Waals surface area contributed by atoms with Crippen LogP contribution in [0.1, 0.15) is 31.9 Å². The van der Waals surface area contributed by atoms with Crippen LogP contribution < -0.4 is 21.3 Å². The molecule has 1 heterocycles. The van der Waals surface area contributed by atoms with Gasteiger partial charge in [0.25, 0.3) is 5.56 Å². The third-order valence-electron chi connectivity index (χ3n) is 3.83. The number of aromatic nitrogens is 2. The van der Waals surface area contributed by atoms with E-state index in [0.29, 0.717) is 25.5 Å². The maximum absolute atomic E-state index is 13.7. The second-order valence-electron chi connectivity index (χ2n) is 6.72. The summed E-state index contributed by atoms with van der Waals surface area (Å²) in [6, 6.07) is 3.07. The summed E-state index contributed by atoms with van der Waals surface area (Å²) in [6.07, 6.45) is -4.37. The Hall–Kier alpha value is -2.74. The molecule has 0 aliphatic rings. The minimum Gasteiger partial charge on any atom is -0.475 e. The predicted octanol–water partition coefficient (Wildman–Crippen LogP) is 3.84. The lowest BCUT2D eigenvalue weighted by Crippen LogP contribution is -2.28. The van der Waals surface area contributed by atoms with Gasteiger partial charge in [-0.1, -0.05) is 0 Å². The molecule has 0 saturated heterocycles. The summed E-state index contributed by atoms with van der Waals surface area (Å²) in [5, 5.41) is 10.2. The molecule has 0 saturated carbocycles. The predicted molar refractivity (Wildman–Crippen MR) is 113 cm³/mol. The van der Waals surface area contributed by atoms with E-state index in [1.165, 1.54) is 10.6 Å². The van der Waals surface area contributed by atoms with Crippen molar-refractivity contribution in [2.24, 2.45) is 5.73 Å². The second-order valence-corrected chi connectivity index (χ2v) is 7.51. The summed E-state index contributed by atoms with van der Waals surface area (Å²) in [4.78, 5) is 25.8. The van der Waals surface area contributed by atoms with Crippen molar-refractivity contribution < 1.29 is 36.6 Å². The number of rotatable bonds is 8. The standard InChI is InChI=1S/C17H21BrF2N4O2.C2HF3O2/c1-10(2)24-16(25)14(18)15(23-17(24)22-7-3-6-21)26-9-11-4-5-12(19)8-13(11)20;3-2(4,5)1(6)7/h4-5,8,10H,3,6-7,9,21H2,1-2H3,(H,22,23);(H,6,7). The lowest BCUT2D eigenvalue weighted by atomic mass is 10.2. The highest BCUT2D eigenvalue weighted by Gasteiger charge is 2.38. The molecule has 0 aliphatic carbocycles. The zero-order chi connectivity index (χ0) is 25.3. The topological polar surface area (TPSA) is 119 Å². The number of benzene rings is 1. The third-order valence-corrected chi connectivity index (χ3v) is 4.51. The van der Waals surface area contributed by atoms with Crippen LogP contribution in [0.4, 0.5) is 27.9 Å². The van der Waals surface area contributed by atoms with Gasteiger partial charge in [0, 0.05) is 24.2 Å². The highest BCUT2D eigenvalue weighted by atomic mass is 79.9. The first-order valence-electron chi connectivity index (χ1n) is 9.42. The van der Waals surface area contributed by atoms with Gasteiger partial charge < -0.3 is 20.9 Å². The van der Waals surface area contributed by atoms with Crippen LogP contribution in [0.3, 0.4) is 0 Å². The van der Waals surface area contributed by atoms with Gasteiger partial charge in [-0.15, -0.1) is 0 Å². The molecule has 184 valence electrons. The Labute approximate surface area is 193 Å². The maximum Gasteiger partial charge on any atom is 0.490 e. The van der Waals surface area contributed by atoms with Gasteiger partial charge in [0.15, 0.2) is 0 Å². The Balaban J connectivity index is 0.000000675. The van der Waals surface area contributed by atoms with Crippen LogP contribution in [0.15, 0.2) is 27.5 Å². The van der Waals surface area contributed by atoms with E-state index < -0.39 is 23.8 Å². The number of nitrogens with one attached hydrogen (secondary N) is 1. The van der Waals surface area contributed by atoms with E-state index in [0.717, 1.165) is 12.1 Å². The number of alkyl halides is 3. The van der Waals surface area contributed by atoms with Gasteiger partial charge in [-0.3, -0.25) is 9.36 Å². The fraction of sp³-hybridized carbons (Fsp3) is 0.421. The third kappa shape index (κ3) is 8.61. The van der Waals surface area contributed by atoms with Crippen molar-refractivity contribution in [1.82, 2.24) is 9.55 Å². The zero-order valence-electron chi connectivity index (χ0n) is 17.5. The van der Waals surface area contributed by atoms with E-state index in [-0.39, 0.29) is 34.1 Å². The van der Waals surface area contributed by atoms with Crippen LogP contribution >= 0.6 is 15.9 Å². The maximum atomic E-state index is 13.7. The van der Waals surface area contributed by atoms with Crippen LogP contribution in [0.2, 0.25) is 0 Å². The fourth-order valence-corrected chi connectivity index (χ4v) is 2.67. The van der Waals surface area contributed by atoms with Crippen molar-refractivity contribution in [2.45, 2.75) is 39.1 Å². The molecule has 0 atom stereocenters. The second kappa shape index (κ2) is 12.5. The number of nitrogens with two attached hydrogens (primary N) is 1.